The van der Waals surface area contributed by atoms with Crippen LogP contribution in [-0.2, 0) is 24.6 Å². The molecule has 2 amide bonds. The first-order valence-electron chi connectivity index (χ1n) is 19.5. The van der Waals surface area contributed by atoms with Crippen molar-refractivity contribution >= 4 is 45.7 Å². The van der Waals surface area contributed by atoms with Crippen LogP contribution < -0.4 is 9.64 Å². The molecule has 1 saturated carbocycles. The number of phenols is 1. The number of para-hydroxylation sites is 2. The number of carbonyl (C=O) groups excluding carboxylic acids is 4. The third-order valence-corrected chi connectivity index (χ3v) is 12.6. The fourth-order valence-corrected chi connectivity index (χ4v) is 10.2. The largest absolute Gasteiger partial charge is 0.573 e. The molecular formula is C48H33F3N2O7. The quantitative estimate of drug-likeness (QED) is 0.131. The van der Waals surface area contributed by atoms with Gasteiger partial charge in [-0.2, -0.15) is 0 Å². The maximum atomic E-state index is 15.2. The van der Waals surface area contributed by atoms with Gasteiger partial charge in [-0.3, -0.25) is 24.1 Å². The first kappa shape index (κ1) is 37.2. The Morgan fingerprint density at radius 1 is 0.783 bits per heavy atom. The van der Waals surface area contributed by atoms with Crippen molar-refractivity contribution in [3.05, 3.63) is 162 Å². The van der Waals surface area contributed by atoms with E-state index in [-0.39, 0.29) is 24.0 Å². The van der Waals surface area contributed by atoms with Crippen molar-refractivity contribution in [2.24, 2.45) is 23.7 Å². The second-order valence-corrected chi connectivity index (χ2v) is 15.6. The number of aromatic nitrogens is 1. The fourth-order valence-electron chi connectivity index (χ4n) is 10.2. The number of phenolic OH excluding ortho intramolecular Hbond substituents is 1. The van der Waals surface area contributed by atoms with Gasteiger partial charge >= 0.3 is 6.36 Å². The number of ether oxygens (including phenoxy) is 1. The van der Waals surface area contributed by atoms with Crippen molar-refractivity contribution in [2.45, 2.75) is 30.5 Å². The summed E-state index contributed by atoms with van der Waals surface area (Å²) in [6.07, 6.45) is -1.98. The van der Waals surface area contributed by atoms with Gasteiger partial charge in [0, 0.05) is 28.5 Å². The van der Waals surface area contributed by atoms with E-state index in [1.54, 1.807) is 97.1 Å². The summed E-state index contributed by atoms with van der Waals surface area (Å²) in [7, 11) is 0. The Morgan fingerprint density at radius 2 is 1.48 bits per heavy atom. The summed E-state index contributed by atoms with van der Waals surface area (Å²) in [4.78, 5) is 65.3. The molecule has 60 heavy (non-hydrogen) atoms. The van der Waals surface area contributed by atoms with Crippen LogP contribution in [0.1, 0.15) is 35.4 Å². The van der Waals surface area contributed by atoms with E-state index in [2.05, 4.69) is 9.72 Å². The smallest absolute Gasteiger partial charge is 0.508 e. The van der Waals surface area contributed by atoms with Crippen LogP contribution in [0.25, 0.3) is 28.1 Å². The Morgan fingerprint density at radius 3 is 2.20 bits per heavy atom. The molecule has 298 valence electrons. The summed E-state index contributed by atoms with van der Waals surface area (Å²) in [6.45, 7) is 0. The topological polar surface area (TPSA) is 127 Å². The highest BCUT2D eigenvalue weighted by Gasteiger charge is 2.66. The van der Waals surface area contributed by atoms with Crippen molar-refractivity contribution in [3.63, 3.8) is 0 Å². The highest BCUT2D eigenvalue weighted by Crippen LogP contribution is 2.64. The number of nitrogens with zero attached hydrogens (tertiary/aromatic N) is 2. The number of anilines is 1. The third-order valence-electron chi connectivity index (χ3n) is 12.6. The highest BCUT2D eigenvalue weighted by molar-refractivity contribution is 6.32. The summed E-state index contributed by atoms with van der Waals surface area (Å²) in [5, 5.41) is 11.6. The standard InChI is InChI=1S/C48H33F3N2O7/c49-48(50,51)60-30-19-22-38(54)35(23-30)42-31-20-21-32-41(46(58)53(45(32)57)29-17-15-27(16-18-29)44-52-37-13-7-8-14-39(37)59-44)34(31)24-36-43(56)33(26-9-3-1-4-10-26)25-40(55)47(36,42)28-11-5-2-6-12-28/h1-20,22-23,25,32,34,36,41-42,54H,21,24H2/t32-,34+,36-,41-,42+,47-/m0/s1. The SMILES string of the molecule is O=C1C(c2ccccc2)=CC(=O)[C@@]2(c3ccccc3)[C@@H](c3cc(OC(F)(F)F)ccc3O)C3=CC[C@@H]4C(=O)N(c5ccc(-c6nc7ccccc7o6)cc5)C(=O)[C@@H]4[C@@H]3C[C@@H]12. The number of hydrogen-bond acceptors (Lipinski definition) is 8. The van der Waals surface area contributed by atoms with Gasteiger partial charge in [0.15, 0.2) is 17.1 Å². The predicted octanol–water partition coefficient (Wildman–Crippen LogP) is 9.13. The second kappa shape index (κ2) is 13.8. The number of fused-ring (bicyclic) bond motifs is 5. The number of allylic oxidation sites excluding steroid dienone is 4. The van der Waals surface area contributed by atoms with E-state index in [1.807, 2.05) is 18.2 Å². The Labute approximate surface area is 340 Å². The molecule has 0 spiro atoms. The number of halogens is 3. The summed E-state index contributed by atoms with van der Waals surface area (Å²) >= 11 is 0. The number of hydrogen-bond donors (Lipinski definition) is 1. The van der Waals surface area contributed by atoms with Gasteiger partial charge in [-0.15, -0.1) is 13.2 Å². The lowest BCUT2D eigenvalue weighted by atomic mass is 9.44. The molecule has 4 aliphatic rings. The Hall–Kier alpha value is -7.08. The van der Waals surface area contributed by atoms with Gasteiger partial charge in [-0.05, 0) is 90.6 Å². The molecule has 9 nitrogen and oxygen atoms in total. The molecule has 5 aromatic carbocycles. The van der Waals surface area contributed by atoms with Gasteiger partial charge in [0.1, 0.15) is 17.0 Å². The molecule has 2 fully saturated rings. The summed E-state index contributed by atoms with van der Waals surface area (Å²) < 4.78 is 51.3. The molecule has 6 atom stereocenters. The average molecular weight is 807 g/mol. The van der Waals surface area contributed by atoms with Gasteiger partial charge in [0.05, 0.1) is 22.9 Å². The van der Waals surface area contributed by atoms with Crippen molar-refractivity contribution in [3.8, 4) is 23.0 Å². The monoisotopic (exact) mass is 806 g/mol. The Kier molecular flexibility index (Phi) is 8.53. The molecule has 0 unspecified atom stereocenters. The number of ketones is 2. The Bertz CT molecular complexity index is 2780. The minimum Gasteiger partial charge on any atom is -0.508 e. The van der Waals surface area contributed by atoms with Crippen LogP contribution in [0.15, 0.2) is 150 Å². The van der Waals surface area contributed by atoms with Crippen molar-refractivity contribution in [2.75, 3.05) is 4.90 Å². The minimum atomic E-state index is -5.08. The molecule has 1 aliphatic heterocycles. The number of imide groups is 1. The number of amides is 2. The average Bonchev–Trinajstić information content (AvgIpc) is 3.80. The zero-order valence-electron chi connectivity index (χ0n) is 31.5. The highest BCUT2D eigenvalue weighted by atomic mass is 19.4. The van der Waals surface area contributed by atoms with E-state index >= 15 is 9.59 Å². The van der Waals surface area contributed by atoms with Crippen LogP contribution >= 0.6 is 0 Å². The van der Waals surface area contributed by atoms with E-state index < -0.39 is 76.2 Å². The summed E-state index contributed by atoms with van der Waals surface area (Å²) in [6, 6.07) is 34.3. The second-order valence-electron chi connectivity index (χ2n) is 15.6. The number of rotatable bonds is 6. The first-order valence-corrected chi connectivity index (χ1v) is 19.5. The van der Waals surface area contributed by atoms with E-state index in [0.717, 1.165) is 23.1 Å². The van der Waals surface area contributed by atoms with Gasteiger partial charge < -0.3 is 14.3 Å². The molecule has 0 radical (unpaired) electrons. The molecular weight excluding hydrogens is 774 g/mol. The molecule has 0 bridgehead atoms. The summed E-state index contributed by atoms with van der Waals surface area (Å²) in [5.74, 6) is -7.61. The van der Waals surface area contributed by atoms with Gasteiger partial charge in [-0.1, -0.05) is 84.4 Å². The van der Waals surface area contributed by atoms with Crippen LogP contribution in [0.4, 0.5) is 18.9 Å². The van der Waals surface area contributed by atoms with Gasteiger partial charge in [0.25, 0.3) is 0 Å². The van der Waals surface area contributed by atoms with Crippen LogP contribution in [0.2, 0.25) is 0 Å². The van der Waals surface area contributed by atoms with Crippen molar-refractivity contribution in [1.82, 2.24) is 4.98 Å². The molecule has 1 aromatic heterocycles. The van der Waals surface area contributed by atoms with E-state index in [9.17, 15) is 27.9 Å². The van der Waals surface area contributed by atoms with Crippen molar-refractivity contribution in [1.29, 1.82) is 0 Å². The van der Waals surface area contributed by atoms with E-state index in [1.165, 1.54) is 6.08 Å². The summed E-state index contributed by atoms with van der Waals surface area (Å²) in [5.41, 5.74) is 1.92. The van der Waals surface area contributed by atoms with Crippen LogP contribution in [0.3, 0.4) is 0 Å². The third kappa shape index (κ3) is 5.72. The predicted molar refractivity (Wildman–Crippen MR) is 213 cm³/mol. The number of benzene rings is 5. The maximum Gasteiger partial charge on any atom is 0.573 e. The number of alkyl halides is 3. The Balaban J connectivity index is 1.12. The maximum absolute atomic E-state index is 15.2. The molecule has 6 aromatic rings. The van der Waals surface area contributed by atoms with Crippen LogP contribution in [0, 0.1) is 23.7 Å². The lowest BCUT2D eigenvalue weighted by Gasteiger charge is -2.55. The van der Waals surface area contributed by atoms with Crippen molar-refractivity contribution < 1.29 is 46.6 Å². The lowest BCUT2D eigenvalue weighted by Crippen LogP contribution is -2.58. The van der Waals surface area contributed by atoms with Crippen LogP contribution in [-0.4, -0.2) is 39.8 Å². The fraction of sp³-hybridized carbons (Fsp3) is 0.188. The lowest BCUT2D eigenvalue weighted by molar-refractivity contribution is -0.274. The van der Waals surface area contributed by atoms with Crippen LogP contribution in [0.5, 0.6) is 11.5 Å². The molecule has 1 N–H and O–H groups in total. The number of oxazole rings is 1. The zero-order chi connectivity index (χ0) is 41.5. The van der Waals surface area contributed by atoms with E-state index in [4.69, 9.17) is 4.42 Å². The zero-order valence-corrected chi connectivity index (χ0v) is 31.5. The van der Waals surface area contributed by atoms with Gasteiger partial charge in [-0.25, -0.2) is 4.98 Å². The normalized spacial score (nSPS) is 25.1. The number of Topliss-reactive ketones (excluding diaryl/α,β-unsaturated/α-hetero) is 1. The first-order chi connectivity index (χ1) is 28.9. The number of carbonyl (C=O) groups is 4. The molecule has 12 heteroatoms. The molecule has 2 heterocycles. The minimum absolute atomic E-state index is 0.0316. The molecule has 3 aliphatic carbocycles. The van der Waals surface area contributed by atoms with Gasteiger partial charge in [0.2, 0.25) is 17.7 Å². The number of aromatic hydroxyl groups is 1. The molecule has 10 rings (SSSR count). The molecule has 1 saturated heterocycles. The van der Waals surface area contributed by atoms with E-state index in [0.29, 0.717) is 44.9 Å².